The smallest absolute Gasteiger partial charge is 0.269 e. The Labute approximate surface area is 268 Å². The number of H-pyrrole nitrogens is 1. The number of aromatic amines is 1. The average molecular weight is 627 g/mol. The SMILES string of the molecule is CCC(C)C(CC)C(CC(=O)N1CCCC1C(OC)C(C)C(=O)N[C@@H](Cc1c[nH]c2ccccc12)C(=O)N1CCCCO1)OC. The fourth-order valence-corrected chi connectivity index (χ4v) is 7.29. The number of nitrogens with zero attached hydrogens (tertiary/aromatic N) is 2. The van der Waals surface area contributed by atoms with E-state index in [0.29, 0.717) is 44.4 Å². The predicted molar refractivity (Wildman–Crippen MR) is 174 cm³/mol. The molecule has 4 rings (SSSR count). The van der Waals surface area contributed by atoms with Crippen LogP contribution in [0.3, 0.4) is 0 Å². The van der Waals surface area contributed by atoms with E-state index >= 15 is 0 Å². The first kappa shape index (κ1) is 34.9. The molecule has 45 heavy (non-hydrogen) atoms. The number of methoxy groups -OCH3 is 2. The Morgan fingerprint density at radius 2 is 1.82 bits per heavy atom. The first-order valence-electron chi connectivity index (χ1n) is 16.9. The van der Waals surface area contributed by atoms with Gasteiger partial charge in [0.1, 0.15) is 6.04 Å². The lowest BCUT2D eigenvalue weighted by molar-refractivity contribution is -0.199. The molecular formula is C35H54N4O6. The summed E-state index contributed by atoms with van der Waals surface area (Å²) >= 11 is 0. The lowest BCUT2D eigenvalue weighted by Crippen LogP contribution is -2.55. The highest BCUT2D eigenvalue weighted by Crippen LogP contribution is 2.31. The fourth-order valence-electron chi connectivity index (χ4n) is 7.29. The molecule has 2 aliphatic heterocycles. The molecule has 2 N–H and O–H groups in total. The van der Waals surface area contributed by atoms with Gasteiger partial charge in [-0.1, -0.05) is 58.7 Å². The highest BCUT2D eigenvalue weighted by atomic mass is 16.7. The van der Waals surface area contributed by atoms with Crippen molar-refractivity contribution >= 4 is 28.6 Å². The number of hydroxylamine groups is 2. The largest absolute Gasteiger partial charge is 0.381 e. The van der Waals surface area contributed by atoms with Crippen molar-refractivity contribution in [2.45, 2.75) is 103 Å². The molecule has 7 atom stereocenters. The number of likely N-dealkylation sites (tertiary alicyclic amines) is 1. The highest BCUT2D eigenvalue weighted by Gasteiger charge is 2.42. The molecule has 0 bridgehead atoms. The minimum Gasteiger partial charge on any atom is -0.381 e. The van der Waals surface area contributed by atoms with Gasteiger partial charge in [0, 0.05) is 50.8 Å². The fraction of sp³-hybridized carbons (Fsp3) is 0.686. The molecule has 2 aliphatic rings. The van der Waals surface area contributed by atoms with Crippen LogP contribution in [-0.4, -0.2) is 90.9 Å². The van der Waals surface area contributed by atoms with Crippen molar-refractivity contribution < 1.29 is 28.7 Å². The molecule has 2 fully saturated rings. The van der Waals surface area contributed by atoms with Crippen molar-refractivity contribution in [3.8, 4) is 0 Å². The maximum Gasteiger partial charge on any atom is 0.269 e. The molecule has 10 heteroatoms. The van der Waals surface area contributed by atoms with Crippen LogP contribution in [0, 0.1) is 17.8 Å². The van der Waals surface area contributed by atoms with Crippen LogP contribution < -0.4 is 5.32 Å². The number of hydrogen-bond acceptors (Lipinski definition) is 6. The standard InChI is InChI=1S/C35H54N4O6/c1-7-23(3)26(8-2)31(43-5)21-32(40)38-17-13-16-30(38)33(44-6)24(4)34(41)37-29(35(42)39-18-11-12-19-45-39)20-25-22-36-28-15-10-9-14-27(25)28/h9-10,14-15,22-24,26,29-31,33,36H,7-8,11-13,16-21H2,1-6H3,(H,37,41)/t23?,24?,26?,29-,30?,31?,33?/m0/s1. The number of ether oxygens (including phenoxy) is 2. The maximum atomic E-state index is 13.9. The lowest BCUT2D eigenvalue weighted by Gasteiger charge is -2.36. The molecule has 6 unspecified atom stereocenters. The number of fused-ring (bicyclic) bond motifs is 1. The van der Waals surface area contributed by atoms with Gasteiger partial charge in [-0.2, -0.15) is 0 Å². The molecule has 250 valence electrons. The molecule has 3 heterocycles. The van der Waals surface area contributed by atoms with E-state index in [1.54, 1.807) is 14.2 Å². The summed E-state index contributed by atoms with van der Waals surface area (Å²) in [5, 5.41) is 5.47. The number of benzene rings is 1. The van der Waals surface area contributed by atoms with Crippen molar-refractivity contribution in [3.05, 3.63) is 36.0 Å². The molecule has 2 aromatic rings. The summed E-state index contributed by atoms with van der Waals surface area (Å²) in [6, 6.07) is 6.87. The van der Waals surface area contributed by atoms with Gasteiger partial charge in [-0.15, -0.1) is 0 Å². The lowest BCUT2D eigenvalue weighted by atomic mass is 9.83. The van der Waals surface area contributed by atoms with Crippen molar-refractivity contribution in [1.82, 2.24) is 20.3 Å². The minimum atomic E-state index is -0.815. The third-order valence-corrected chi connectivity index (χ3v) is 10.1. The molecule has 0 saturated carbocycles. The first-order chi connectivity index (χ1) is 21.7. The number of amides is 3. The molecule has 3 amide bonds. The second kappa shape index (κ2) is 16.6. The van der Waals surface area contributed by atoms with Crippen LogP contribution in [0.15, 0.2) is 30.5 Å². The van der Waals surface area contributed by atoms with E-state index in [-0.39, 0.29) is 29.9 Å². The zero-order chi connectivity index (χ0) is 32.5. The highest BCUT2D eigenvalue weighted by molar-refractivity contribution is 5.90. The molecule has 1 aromatic carbocycles. The summed E-state index contributed by atoms with van der Waals surface area (Å²) in [5.41, 5.74) is 1.92. The van der Waals surface area contributed by atoms with Gasteiger partial charge in [-0.3, -0.25) is 19.2 Å². The first-order valence-corrected chi connectivity index (χ1v) is 16.9. The molecule has 0 aliphatic carbocycles. The minimum absolute atomic E-state index is 0.0374. The van der Waals surface area contributed by atoms with Crippen LogP contribution in [0.2, 0.25) is 0 Å². The third kappa shape index (κ3) is 8.26. The van der Waals surface area contributed by atoms with E-state index < -0.39 is 18.1 Å². The van der Waals surface area contributed by atoms with Gasteiger partial charge in [0.25, 0.3) is 5.91 Å². The van der Waals surface area contributed by atoms with E-state index in [4.69, 9.17) is 14.3 Å². The molecule has 10 nitrogen and oxygen atoms in total. The second-order valence-electron chi connectivity index (χ2n) is 12.8. The second-order valence-corrected chi connectivity index (χ2v) is 12.8. The summed E-state index contributed by atoms with van der Waals surface area (Å²) in [6.07, 6.45) is 7.17. The molecular weight excluding hydrogens is 572 g/mol. The van der Waals surface area contributed by atoms with Crippen LogP contribution in [-0.2, 0) is 35.1 Å². The predicted octanol–water partition coefficient (Wildman–Crippen LogP) is 4.87. The molecule has 0 radical (unpaired) electrons. The van der Waals surface area contributed by atoms with Crippen molar-refractivity contribution in [2.24, 2.45) is 17.8 Å². The van der Waals surface area contributed by atoms with Crippen LogP contribution in [0.1, 0.15) is 78.2 Å². The summed E-state index contributed by atoms with van der Waals surface area (Å²) < 4.78 is 11.8. The van der Waals surface area contributed by atoms with E-state index in [1.807, 2.05) is 42.3 Å². The normalized spacial score (nSPS) is 21.2. The number of hydrogen-bond donors (Lipinski definition) is 2. The van der Waals surface area contributed by atoms with Gasteiger partial charge in [-0.05, 0) is 49.1 Å². The Bertz CT molecular complexity index is 1260. The van der Waals surface area contributed by atoms with Gasteiger partial charge >= 0.3 is 0 Å². The quantitative estimate of drug-likeness (QED) is 0.292. The maximum absolute atomic E-state index is 13.9. The summed E-state index contributed by atoms with van der Waals surface area (Å²) in [5.74, 6) is -0.360. The van der Waals surface area contributed by atoms with Crippen LogP contribution >= 0.6 is 0 Å². The zero-order valence-corrected chi connectivity index (χ0v) is 28.1. The van der Waals surface area contributed by atoms with E-state index in [9.17, 15) is 14.4 Å². The summed E-state index contributed by atoms with van der Waals surface area (Å²) in [6.45, 7) is 9.97. The average Bonchev–Trinajstić information content (AvgIpc) is 3.72. The van der Waals surface area contributed by atoms with Crippen molar-refractivity contribution in [1.29, 1.82) is 0 Å². The Morgan fingerprint density at radius 3 is 2.49 bits per heavy atom. The van der Waals surface area contributed by atoms with E-state index in [2.05, 4.69) is 31.1 Å². The van der Waals surface area contributed by atoms with Crippen molar-refractivity contribution in [3.63, 3.8) is 0 Å². The number of nitrogens with one attached hydrogen (secondary N) is 2. The molecule has 0 spiro atoms. The number of aromatic nitrogens is 1. The van der Waals surface area contributed by atoms with Gasteiger partial charge in [0.05, 0.1) is 37.2 Å². The van der Waals surface area contributed by atoms with Gasteiger partial charge < -0.3 is 24.7 Å². The number of para-hydroxylation sites is 1. The zero-order valence-electron chi connectivity index (χ0n) is 28.1. The Balaban J connectivity index is 1.49. The van der Waals surface area contributed by atoms with Crippen LogP contribution in [0.5, 0.6) is 0 Å². The molecule has 1 aromatic heterocycles. The molecule has 2 saturated heterocycles. The summed E-state index contributed by atoms with van der Waals surface area (Å²) in [4.78, 5) is 52.2. The summed E-state index contributed by atoms with van der Waals surface area (Å²) in [7, 11) is 3.29. The van der Waals surface area contributed by atoms with E-state index in [1.165, 1.54) is 5.06 Å². The Hall–Kier alpha value is -2.95. The van der Waals surface area contributed by atoms with Crippen molar-refractivity contribution in [2.75, 3.05) is 33.9 Å². The number of carbonyl (C=O) groups excluding carboxylic acids is 3. The monoisotopic (exact) mass is 626 g/mol. The topological polar surface area (TPSA) is 113 Å². The number of rotatable bonds is 15. The van der Waals surface area contributed by atoms with Crippen LogP contribution in [0.25, 0.3) is 10.9 Å². The van der Waals surface area contributed by atoms with E-state index in [0.717, 1.165) is 55.0 Å². The Morgan fingerprint density at radius 1 is 1.04 bits per heavy atom. The van der Waals surface area contributed by atoms with Gasteiger partial charge in [0.2, 0.25) is 11.8 Å². The van der Waals surface area contributed by atoms with Gasteiger partial charge in [0.15, 0.2) is 0 Å². The third-order valence-electron chi connectivity index (χ3n) is 10.1. The van der Waals surface area contributed by atoms with Gasteiger partial charge in [-0.25, -0.2) is 5.06 Å². The number of carbonyl (C=O) groups is 3. The van der Waals surface area contributed by atoms with Crippen LogP contribution in [0.4, 0.5) is 0 Å². The Kier molecular flexibility index (Phi) is 12.9.